The molecule has 7 aromatic carbocycles. The number of para-hydroxylation sites is 4. The van der Waals surface area contributed by atoms with Gasteiger partial charge in [0, 0.05) is 90.7 Å². The number of aromatic nitrogens is 3. The van der Waals surface area contributed by atoms with Crippen molar-refractivity contribution in [2.45, 2.75) is 0 Å². The maximum absolute atomic E-state index is 6.59. The SMILES string of the molecule is Cn1c2ccccc2c2cnc(-n3c4[c-]c(Oc5[c-]c(N6[CH-]N(c7ccccc7)c7ccccc76)ccc5)ccc4c4cc(-c5ccccc5)ccc43)cc21.[Pt]. The number of rotatable bonds is 6. The smallest absolute Gasteiger partial charge is 0.137 e. The topological polar surface area (TPSA) is 38.5 Å². The van der Waals surface area contributed by atoms with Crippen LogP contribution in [0.4, 0.5) is 22.7 Å². The molecule has 0 amide bonds. The standard InChI is InChI=1S/C49H32N5O.Pt/c1-51-43-20-9-8-19-39(43)42-31-50-49(30-47(42)51)54-44-26-23-34(33-13-4-2-5-14-33)27-41(44)40-25-24-38(29-48(40)54)55-37-18-12-17-36(28-37)53-32-52(35-15-6-3-7-16-35)45-21-10-11-22-46(45)53;/h2-27,30-32H,1H3;/q-3;. The fourth-order valence-electron chi connectivity index (χ4n) is 8.05. The summed E-state index contributed by atoms with van der Waals surface area (Å²) in [7, 11) is 2.12. The van der Waals surface area contributed by atoms with Crippen molar-refractivity contribution in [1.82, 2.24) is 14.1 Å². The Labute approximate surface area is 338 Å². The van der Waals surface area contributed by atoms with Gasteiger partial charge in [-0.15, -0.1) is 48.1 Å². The van der Waals surface area contributed by atoms with E-state index in [9.17, 15) is 0 Å². The molecule has 4 heterocycles. The van der Waals surface area contributed by atoms with Crippen LogP contribution in [-0.4, -0.2) is 14.1 Å². The molecule has 0 unspecified atom stereocenters. The third kappa shape index (κ3) is 5.48. The molecule has 56 heavy (non-hydrogen) atoms. The summed E-state index contributed by atoms with van der Waals surface area (Å²) < 4.78 is 11.0. The molecule has 0 N–H and O–H groups in total. The second-order valence-corrected chi connectivity index (χ2v) is 13.8. The Hall–Kier alpha value is -6.62. The number of nitrogens with zero attached hydrogens (tertiary/aromatic N) is 5. The van der Waals surface area contributed by atoms with Crippen LogP contribution in [0.3, 0.4) is 0 Å². The normalized spacial score (nSPS) is 12.4. The van der Waals surface area contributed by atoms with Gasteiger partial charge >= 0.3 is 0 Å². The molecule has 0 saturated carbocycles. The predicted octanol–water partition coefficient (Wildman–Crippen LogP) is 12.3. The number of anilines is 4. The third-order valence-corrected chi connectivity index (χ3v) is 10.7. The summed E-state index contributed by atoms with van der Waals surface area (Å²) in [6.07, 6.45) is 2.00. The molecule has 11 rings (SSSR count). The van der Waals surface area contributed by atoms with Crippen molar-refractivity contribution in [2.24, 2.45) is 7.05 Å². The Kier molecular flexibility index (Phi) is 8.23. The molecule has 0 fully saturated rings. The van der Waals surface area contributed by atoms with Gasteiger partial charge in [0.2, 0.25) is 0 Å². The monoisotopic (exact) mass is 901 g/mol. The molecule has 1 aliphatic heterocycles. The minimum absolute atomic E-state index is 0. The quantitative estimate of drug-likeness (QED) is 0.156. The van der Waals surface area contributed by atoms with Crippen molar-refractivity contribution in [3.63, 3.8) is 0 Å². The van der Waals surface area contributed by atoms with Crippen LogP contribution in [0, 0.1) is 18.8 Å². The summed E-state index contributed by atoms with van der Waals surface area (Å²) in [5.74, 6) is 2.01. The van der Waals surface area contributed by atoms with Crippen LogP contribution < -0.4 is 14.5 Å². The zero-order valence-electron chi connectivity index (χ0n) is 30.2. The van der Waals surface area contributed by atoms with Crippen LogP contribution in [-0.2, 0) is 28.1 Å². The van der Waals surface area contributed by atoms with E-state index in [1.54, 1.807) is 0 Å². The molecule has 0 saturated heterocycles. The first kappa shape index (κ1) is 33.9. The molecule has 272 valence electrons. The summed E-state index contributed by atoms with van der Waals surface area (Å²) in [4.78, 5) is 9.43. The number of hydrogen-bond acceptors (Lipinski definition) is 4. The largest absolute Gasteiger partial charge is 0.509 e. The maximum atomic E-state index is 6.59. The minimum atomic E-state index is 0. The summed E-state index contributed by atoms with van der Waals surface area (Å²) in [5.41, 5.74) is 10.7. The van der Waals surface area contributed by atoms with E-state index in [0.717, 1.165) is 66.8 Å². The van der Waals surface area contributed by atoms with Crippen LogP contribution >= 0.6 is 0 Å². The zero-order valence-corrected chi connectivity index (χ0v) is 32.5. The van der Waals surface area contributed by atoms with Gasteiger partial charge in [0.25, 0.3) is 0 Å². The molecule has 0 radical (unpaired) electrons. The van der Waals surface area contributed by atoms with Crippen molar-refractivity contribution in [3.8, 4) is 28.4 Å². The van der Waals surface area contributed by atoms with E-state index in [-0.39, 0.29) is 21.1 Å². The van der Waals surface area contributed by atoms with Gasteiger partial charge in [-0.25, -0.2) is 4.98 Å². The Morgan fingerprint density at radius 2 is 1.27 bits per heavy atom. The number of pyridine rings is 1. The van der Waals surface area contributed by atoms with Crippen LogP contribution in [0.1, 0.15) is 0 Å². The first-order valence-corrected chi connectivity index (χ1v) is 18.4. The van der Waals surface area contributed by atoms with Gasteiger partial charge in [-0.3, -0.25) is 0 Å². The number of aryl methyl sites for hydroxylation is 1. The molecule has 3 aromatic heterocycles. The average Bonchev–Trinajstić information content (AvgIpc) is 3.89. The zero-order chi connectivity index (χ0) is 36.5. The molecule has 0 bridgehead atoms. The van der Waals surface area contributed by atoms with Crippen molar-refractivity contribution >= 4 is 66.4 Å². The van der Waals surface area contributed by atoms with Crippen molar-refractivity contribution in [1.29, 1.82) is 0 Å². The molecule has 6 nitrogen and oxygen atoms in total. The van der Waals surface area contributed by atoms with Gasteiger partial charge in [0.1, 0.15) is 5.82 Å². The Bertz CT molecular complexity index is 3080. The number of ether oxygens (including phenoxy) is 1. The van der Waals surface area contributed by atoms with Gasteiger partial charge in [-0.2, -0.15) is 12.1 Å². The van der Waals surface area contributed by atoms with E-state index >= 15 is 0 Å². The van der Waals surface area contributed by atoms with Gasteiger partial charge < -0.3 is 23.7 Å². The fraction of sp³-hybridized carbons (Fsp3) is 0.0204. The molecular weight excluding hydrogens is 870 g/mol. The Morgan fingerprint density at radius 1 is 0.536 bits per heavy atom. The van der Waals surface area contributed by atoms with Crippen LogP contribution in [0.15, 0.2) is 170 Å². The van der Waals surface area contributed by atoms with E-state index in [1.165, 1.54) is 16.5 Å². The summed E-state index contributed by atoms with van der Waals surface area (Å²) in [6, 6.07) is 63.9. The number of hydrogen-bond donors (Lipinski definition) is 0. The van der Waals surface area contributed by atoms with Crippen LogP contribution in [0.2, 0.25) is 0 Å². The molecule has 7 heteroatoms. The minimum Gasteiger partial charge on any atom is -0.509 e. The van der Waals surface area contributed by atoms with Crippen LogP contribution in [0.25, 0.3) is 60.6 Å². The number of fused-ring (bicyclic) bond motifs is 7. The molecule has 0 atom stereocenters. The van der Waals surface area contributed by atoms with E-state index < -0.39 is 0 Å². The summed E-state index contributed by atoms with van der Waals surface area (Å²) in [6.45, 7) is 2.11. The Morgan fingerprint density at radius 3 is 2.11 bits per heavy atom. The van der Waals surface area contributed by atoms with Gasteiger partial charge in [-0.1, -0.05) is 96.5 Å². The first-order valence-electron chi connectivity index (χ1n) is 18.4. The summed E-state index contributed by atoms with van der Waals surface area (Å²) in [5, 5.41) is 4.51. The first-order chi connectivity index (χ1) is 27.2. The van der Waals surface area contributed by atoms with E-state index in [4.69, 9.17) is 9.72 Å². The molecule has 0 spiro atoms. The third-order valence-electron chi connectivity index (χ3n) is 10.7. The Balaban J connectivity index is 0.00000384. The van der Waals surface area contributed by atoms with Gasteiger partial charge in [-0.05, 0) is 52.9 Å². The van der Waals surface area contributed by atoms with Crippen molar-refractivity contribution in [2.75, 3.05) is 9.80 Å². The second-order valence-electron chi connectivity index (χ2n) is 13.8. The molecule has 0 aliphatic carbocycles. The maximum Gasteiger partial charge on any atom is 0.137 e. The average molecular weight is 902 g/mol. The van der Waals surface area contributed by atoms with Gasteiger partial charge in [0.15, 0.2) is 0 Å². The van der Waals surface area contributed by atoms with Crippen LogP contribution in [0.5, 0.6) is 11.5 Å². The van der Waals surface area contributed by atoms with E-state index in [1.807, 2.05) is 36.5 Å². The molecule has 1 aliphatic rings. The summed E-state index contributed by atoms with van der Waals surface area (Å²) >= 11 is 0. The fourth-order valence-corrected chi connectivity index (χ4v) is 8.05. The molecule has 10 aromatic rings. The second kappa shape index (κ2) is 13.6. The van der Waals surface area contributed by atoms with Crippen molar-refractivity contribution < 1.29 is 25.8 Å². The molecular formula is C49H32N5OPt-3. The van der Waals surface area contributed by atoms with Crippen molar-refractivity contribution in [3.05, 3.63) is 189 Å². The van der Waals surface area contributed by atoms with Gasteiger partial charge in [0.05, 0.1) is 5.52 Å². The van der Waals surface area contributed by atoms with E-state index in [0.29, 0.717) is 11.5 Å². The van der Waals surface area contributed by atoms with E-state index in [2.05, 4.69) is 178 Å². The predicted molar refractivity (Wildman–Crippen MR) is 224 cm³/mol. The number of benzene rings is 7.